The van der Waals surface area contributed by atoms with Crippen LogP contribution in [0.15, 0.2) is 47.1 Å². The van der Waals surface area contributed by atoms with Crippen LogP contribution in [-0.2, 0) is 14.6 Å². The topological polar surface area (TPSA) is 96.8 Å². The average Bonchev–Trinajstić information content (AvgIpc) is 3.15. The van der Waals surface area contributed by atoms with Gasteiger partial charge in [-0.1, -0.05) is 5.92 Å². The molecule has 13 heteroatoms. The molecular formula is C22H24F3N5O3S2. The molecule has 0 radical (unpaired) electrons. The van der Waals surface area contributed by atoms with Gasteiger partial charge in [0.1, 0.15) is 26.3 Å². The molecule has 8 nitrogen and oxygen atoms in total. The van der Waals surface area contributed by atoms with Gasteiger partial charge in [0.15, 0.2) is 5.65 Å². The van der Waals surface area contributed by atoms with Crippen molar-refractivity contribution in [2.45, 2.75) is 29.4 Å². The molecule has 35 heavy (non-hydrogen) atoms. The number of alkyl halides is 3. The van der Waals surface area contributed by atoms with Gasteiger partial charge in [-0.15, -0.1) is 0 Å². The van der Waals surface area contributed by atoms with Crippen LogP contribution in [0.5, 0.6) is 0 Å². The Morgan fingerprint density at radius 3 is 2.83 bits per heavy atom. The highest BCUT2D eigenvalue weighted by Crippen LogP contribution is 2.39. The number of sulfone groups is 1. The zero-order valence-electron chi connectivity index (χ0n) is 18.8. The number of halogens is 3. The molecule has 0 atom stereocenters. The van der Waals surface area contributed by atoms with Crippen LogP contribution in [0.3, 0.4) is 0 Å². The van der Waals surface area contributed by atoms with E-state index in [0.29, 0.717) is 42.2 Å². The van der Waals surface area contributed by atoms with Gasteiger partial charge in [0.05, 0.1) is 36.5 Å². The molecule has 0 unspecified atom stereocenters. The Labute approximate surface area is 205 Å². The van der Waals surface area contributed by atoms with Crippen LogP contribution in [0.4, 0.5) is 18.9 Å². The fraction of sp³-hybridized carbons (Fsp3) is 0.409. The van der Waals surface area contributed by atoms with Crippen LogP contribution in [0.1, 0.15) is 18.5 Å². The molecule has 2 aliphatic rings. The van der Waals surface area contributed by atoms with Gasteiger partial charge in [0.2, 0.25) is 0 Å². The van der Waals surface area contributed by atoms with Gasteiger partial charge in [-0.3, -0.25) is 4.40 Å². The zero-order chi connectivity index (χ0) is 25.1. The number of aromatic nitrogens is 2. The van der Waals surface area contributed by atoms with Crippen molar-refractivity contribution in [3.8, 4) is 11.8 Å². The van der Waals surface area contributed by atoms with Gasteiger partial charge < -0.3 is 20.7 Å². The van der Waals surface area contributed by atoms with Crippen molar-refractivity contribution in [2.75, 3.05) is 37.0 Å². The Kier molecular flexibility index (Phi) is 7.42. The summed E-state index contributed by atoms with van der Waals surface area (Å²) in [4.78, 5) is 4.40. The van der Waals surface area contributed by atoms with E-state index >= 15 is 0 Å². The van der Waals surface area contributed by atoms with E-state index in [-0.39, 0.29) is 46.6 Å². The predicted octanol–water partition coefficient (Wildman–Crippen LogP) is 2.85. The van der Waals surface area contributed by atoms with Crippen molar-refractivity contribution in [3.05, 3.63) is 47.8 Å². The first kappa shape index (κ1) is 25.1. The first-order valence-electron chi connectivity index (χ1n) is 10.8. The number of pyridine rings is 1. The lowest BCUT2D eigenvalue weighted by atomic mass is 10.1. The largest absolute Gasteiger partial charge is 0.495 e. The summed E-state index contributed by atoms with van der Waals surface area (Å²) in [5, 5.41) is 9.23. The molecule has 188 valence electrons. The molecule has 4 heterocycles. The highest BCUT2D eigenvalue weighted by molar-refractivity contribution is 8.00. The summed E-state index contributed by atoms with van der Waals surface area (Å²) in [6, 6.07) is 3.23. The van der Waals surface area contributed by atoms with E-state index in [1.807, 2.05) is 6.08 Å². The minimum atomic E-state index is -4.53. The Hall–Kier alpha value is -2.98. The molecule has 4 rings (SSSR count). The van der Waals surface area contributed by atoms with Crippen molar-refractivity contribution >= 4 is 32.9 Å². The van der Waals surface area contributed by atoms with Gasteiger partial charge >= 0.3 is 5.51 Å². The maximum absolute atomic E-state index is 13.3. The Morgan fingerprint density at radius 2 is 2.11 bits per heavy atom. The summed E-state index contributed by atoms with van der Waals surface area (Å²) in [7, 11) is -1.48. The molecular weight excluding hydrogens is 503 g/mol. The van der Waals surface area contributed by atoms with Crippen LogP contribution < -0.4 is 16.0 Å². The molecule has 0 spiro atoms. The maximum atomic E-state index is 13.3. The molecule has 1 saturated heterocycles. The number of hydrogen-bond acceptors (Lipinski definition) is 8. The third kappa shape index (κ3) is 6.37. The van der Waals surface area contributed by atoms with E-state index in [2.05, 4.69) is 32.8 Å². The first-order valence-corrected chi connectivity index (χ1v) is 13.4. The van der Waals surface area contributed by atoms with Crippen molar-refractivity contribution in [3.63, 3.8) is 0 Å². The highest BCUT2D eigenvalue weighted by atomic mass is 32.2. The lowest BCUT2D eigenvalue weighted by Crippen LogP contribution is -2.32. The highest BCUT2D eigenvalue weighted by Gasteiger charge is 2.33. The number of nitrogens with one attached hydrogen (secondary N) is 3. The Balaban J connectivity index is 1.58. The second-order valence-electron chi connectivity index (χ2n) is 7.89. The normalized spacial score (nSPS) is 18.1. The maximum Gasteiger partial charge on any atom is 0.447 e. The standard InChI is InChI=1S/C22H24F3N5O3S2/c1-33-19-6-10-26-14-18(19)27-9-2-4-17-21(34-22(23,24)25)30-11-3-5-16(20(30)29-17)28-15-7-12-35(31,32)13-8-15/h3,5-6,11,14-15,26-28H,7-10,12-13H2,1H3. The SMILES string of the molecule is COC1=CCNC=C1NCC#Cc1nc2c(NC3CCS(=O)(=O)CC3)cccn2c1SC(F)(F)F. The van der Waals surface area contributed by atoms with Gasteiger partial charge in [-0.2, -0.15) is 13.2 Å². The second-order valence-corrected chi connectivity index (χ2v) is 11.3. The van der Waals surface area contributed by atoms with Gasteiger partial charge in [0, 0.05) is 36.7 Å². The lowest BCUT2D eigenvalue weighted by molar-refractivity contribution is -0.0329. The third-order valence-electron chi connectivity index (χ3n) is 5.44. The molecule has 2 aliphatic heterocycles. The average molecular weight is 528 g/mol. The molecule has 2 aromatic heterocycles. The summed E-state index contributed by atoms with van der Waals surface area (Å²) < 4.78 is 70.1. The summed E-state index contributed by atoms with van der Waals surface area (Å²) in [5.41, 5.74) is -3.00. The predicted molar refractivity (Wildman–Crippen MR) is 128 cm³/mol. The molecule has 0 amide bonds. The lowest BCUT2D eigenvalue weighted by Gasteiger charge is -2.24. The van der Waals surface area contributed by atoms with Gasteiger partial charge in [-0.05, 0) is 37.0 Å². The van der Waals surface area contributed by atoms with E-state index < -0.39 is 15.3 Å². The van der Waals surface area contributed by atoms with Crippen molar-refractivity contribution in [2.24, 2.45) is 0 Å². The minimum Gasteiger partial charge on any atom is -0.495 e. The van der Waals surface area contributed by atoms with Crippen molar-refractivity contribution < 1.29 is 26.3 Å². The van der Waals surface area contributed by atoms with Crippen LogP contribution >= 0.6 is 11.8 Å². The van der Waals surface area contributed by atoms with Gasteiger partial charge in [-0.25, -0.2) is 13.4 Å². The number of imidazole rings is 1. The fourth-order valence-electron chi connectivity index (χ4n) is 3.79. The van der Waals surface area contributed by atoms with Crippen LogP contribution in [0, 0.1) is 11.8 Å². The molecule has 0 bridgehead atoms. The number of ether oxygens (including phenoxy) is 1. The molecule has 3 N–H and O–H groups in total. The minimum absolute atomic E-state index is 0.00727. The van der Waals surface area contributed by atoms with E-state index in [0.717, 1.165) is 0 Å². The van der Waals surface area contributed by atoms with Crippen LogP contribution in [-0.4, -0.2) is 61.1 Å². The number of nitrogens with zero attached hydrogens (tertiary/aromatic N) is 2. The van der Waals surface area contributed by atoms with Crippen LogP contribution in [0.25, 0.3) is 5.65 Å². The number of rotatable bonds is 6. The molecule has 0 aliphatic carbocycles. The Bertz CT molecular complexity index is 1310. The fourth-order valence-corrected chi connectivity index (χ4v) is 5.94. The summed E-state index contributed by atoms with van der Waals surface area (Å²) in [6.07, 6.45) is 5.95. The summed E-state index contributed by atoms with van der Waals surface area (Å²) >= 11 is -0.272. The van der Waals surface area contributed by atoms with E-state index in [1.54, 1.807) is 25.4 Å². The quantitative estimate of drug-likeness (QED) is 0.390. The smallest absolute Gasteiger partial charge is 0.447 e. The van der Waals surface area contributed by atoms with E-state index in [9.17, 15) is 21.6 Å². The second kappa shape index (κ2) is 10.3. The summed E-state index contributed by atoms with van der Waals surface area (Å²) in [5.74, 6) is 6.40. The van der Waals surface area contributed by atoms with Gasteiger partial charge in [0.25, 0.3) is 0 Å². The molecule has 0 saturated carbocycles. The molecule has 0 aromatic carbocycles. The number of dihydropyridines is 1. The zero-order valence-corrected chi connectivity index (χ0v) is 20.4. The van der Waals surface area contributed by atoms with Crippen molar-refractivity contribution in [1.29, 1.82) is 0 Å². The monoisotopic (exact) mass is 527 g/mol. The molecule has 1 fully saturated rings. The number of methoxy groups -OCH3 is 1. The first-order chi connectivity index (χ1) is 16.6. The number of thioether (sulfide) groups is 1. The van der Waals surface area contributed by atoms with Crippen LogP contribution in [0.2, 0.25) is 0 Å². The third-order valence-corrected chi connectivity index (χ3v) is 7.97. The number of fused-ring (bicyclic) bond motifs is 1. The van der Waals surface area contributed by atoms with E-state index in [4.69, 9.17) is 4.74 Å². The Morgan fingerprint density at radius 1 is 1.34 bits per heavy atom. The van der Waals surface area contributed by atoms with E-state index in [1.165, 1.54) is 10.6 Å². The number of anilines is 1. The summed E-state index contributed by atoms with van der Waals surface area (Å²) in [6.45, 7) is 0.798. The van der Waals surface area contributed by atoms with Crippen molar-refractivity contribution in [1.82, 2.24) is 20.0 Å². The molecule has 2 aromatic rings. The number of hydrogen-bond donors (Lipinski definition) is 3.